The van der Waals surface area contributed by atoms with Gasteiger partial charge in [-0.2, -0.15) is 5.10 Å². The monoisotopic (exact) mass is 468 g/mol. The van der Waals surface area contributed by atoms with Crippen molar-refractivity contribution < 1.29 is 9.53 Å². The van der Waals surface area contributed by atoms with E-state index in [-0.39, 0.29) is 17.4 Å². The SMILES string of the molecule is COC1CN(c2cc(C(=O)CC3(N)CCC3)cc(-c3cnn4ccc(-c5ccccc5)nc34)n2)C1. The summed E-state index contributed by atoms with van der Waals surface area (Å²) in [6, 6.07) is 15.7. The van der Waals surface area contributed by atoms with Gasteiger partial charge in [-0.3, -0.25) is 4.79 Å². The second-order valence-corrected chi connectivity index (χ2v) is 9.68. The van der Waals surface area contributed by atoms with E-state index in [1.54, 1.807) is 17.8 Å². The van der Waals surface area contributed by atoms with E-state index in [1.807, 2.05) is 54.7 Å². The zero-order valence-electron chi connectivity index (χ0n) is 19.7. The van der Waals surface area contributed by atoms with Crippen LogP contribution in [0, 0.1) is 0 Å². The van der Waals surface area contributed by atoms with Crippen molar-refractivity contribution in [3.8, 4) is 22.5 Å². The first kappa shape index (κ1) is 21.9. The first-order valence-corrected chi connectivity index (χ1v) is 12.0. The Bertz CT molecular complexity index is 1390. The van der Waals surface area contributed by atoms with Crippen molar-refractivity contribution in [2.45, 2.75) is 37.3 Å². The number of Topliss-reactive ketones (excluding diaryl/α,β-unsaturated/α-hetero) is 1. The van der Waals surface area contributed by atoms with Crippen molar-refractivity contribution in [3.05, 3.63) is 66.5 Å². The molecule has 8 heteroatoms. The second kappa shape index (κ2) is 8.55. The molecule has 0 radical (unpaired) electrons. The third kappa shape index (κ3) is 4.09. The molecule has 35 heavy (non-hydrogen) atoms. The Kier molecular flexibility index (Phi) is 5.35. The Morgan fingerprint density at radius 1 is 1.11 bits per heavy atom. The minimum atomic E-state index is -0.380. The molecule has 2 fully saturated rings. The average molecular weight is 469 g/mol. The summed E-state index contributed by atoms with van der Waals surface area (Å²) >= 11 is 0. The zero-order valence-corrected chi connectivity index (χ0v) is 19.7. The molecule has 1 aliphatic carbocycles. The van der Waals surface area contributed by atoms with Crippen molar-refractivity contribution in [2.75, 3.05) is 25.1 Å². The quantitative estimate of drug-likeness (QED) is 0.413. The third-order valence-corrected chi connectivity index (χ3v) is 7.22. The Morgan fingerprint density at radius 2 is 1.91 bits per heavy atom. The van der Waals surface area contributed by atoms with E-state index in [9.17, 15) is 4.79 Å². The summed E-state index contributed by atoms with van der Waals surface area (Å²) in [4.78, 5) is 25.2. The van der Waals surface area contributed by atoms with Gasteiger partial charge in [-0.1, -0.05) is 30.3 Å². The van der Waals surface area contributed by atoms with Gasteiger partial charge in [-0.05, 0) is 37.5 Å². The maximum absolute atomic E-state index is 13.3. The van der Waals surface area contributed by atoms with Crippen molar-refractivity contribution >= 4 is 17.2 Å². The van der Waals surface area contributed by atoms with Crippen LogP contribution in [0.15, 0.2) is 60.9 Å². The number of hydrogen-bond acceptors (Lipinski definition) is 7. The normalized spacial score (nSPS) is 17.3. The maximum Gasteiger partial charge on any atom is 0.164 e. The molecular weight excluding hydrogens is 440 g/mol. The Hall–Kier alpha value is -3.62. The molecule has 3 aromatic heterocycles. The molecule has 178 valence electrons. The van der Waals surface area contributed by atoms with E-state index in [0.717, 1.165) is 55.0 Å². The van der Waals surface area contributed by atoms with Crippen molar-refractivity contribution in [1.82, 2.24) is 19.6 Å². The summed E-state index contributed by atoms with van der Waals surface area (Å²) in [6.07, 6.45) is 7.06. The highest BCUT2D eigenvalue weighted by atomic mass is 16.5. The largest absolute Gasteiger partial charge is 0.378 e. The van der Waals surface area contributed by atoms with Crippen LogP contribution in [0.3, 0.4) is 0 Å². The van der Waals surface area contributed by atoms with Crippen LogP contribution in [-0.2, 0) is 4.74 Å². The number of anilines is 1. The smallest absolute Gasteiger partial charge is 0.164 e. The van der Waals surface area contributed by atoms with E-state index in [4.69, 9.17) is 20.4 Å². The highest BCUT2D eigenvalue weighted by molar-refractivity contribution is 5.99. The molecule has 4 aromatic rings. The molecule has 1 saturated carbocycles. The number of pyridine rings is 1. The standard InChI is InChI=1S/C27H28N6O2/c1-35-20-16-32(17-20)25-13-19(24(34)14-27(28)9-5-10-27)12-23(30-25)21-15-29-33-11-8-22(31-26(21)33)18-6-3-2-4-7-18/h2-4,6-8,11-13,15,20H,5,9-10,14,16-17,28H2,1H3. The molecule has 2 N–H and O–H groups in total. The lowest BCUT2D eigenvalue weighted by Gasteiger charge is -2.39. The number of nitrogens with zero attached hydrogens (tertiary/aromatic N) is 5. The highest BCUT2D eigenvalue weighted by Crippen LogP contribution is 2.35. The molecule has 0 amide bonds. The maximum atomic E-state index is 13.3. The number of aromatic nitrogens is 4. The number of carbonyl (C=O) groups excluding carboxylic acids is 1. The number of hydrogen-bond donors (Lipinski definition) is 1. The number of nitrogens with two attached hydrogens (primary N) is 1. The van der Waals surface area contributed by atoms with Gasteiger partial charge < -0.3 is 15.4 Å². The number of ketones is 1. The highest BCUT2D eigenvalue weighted by Gasteiger charge is 2.35. The van der Waals surface area contributed by atoms with Crippen LogP contribution in [0.2, 0.25) is 0 Å². The third-order valence-electron chi connectivity index (χ3n) is 7.22. The van der Waals surface area contributed by atoms with Gasteiger partial charge in [-0.15, -0.1) is 0 Å². The van der Waals surface area contributed by atoms with E-state index in [2.05, 4.69) is 10.00 Å². The fourth-order valence-electron chi connectivity index (χ4n) is 4.80. The van der Waals surface area contributed by atoms with Gasteiger partial charge in [-0.25, -0.2) is 14.5 Å². The van der Waals surface area contributed by atoms with Crippen molar-refractivity contribution in [2.24, 2.45) is 5.73 Å². The molecule has 0 bridgehead atoms. The molecule has 4 heterocycles. The number of rotatable bonds is 7. The average Bonchev–Trinajstić information content (AvgIpc) is 3.26. The molecule has 0 unspecified atom stereocenters. The van der Waals surface area contributed by atoms with Gasteiger partial charge in [0, 0.05) is 49.5 Å². The van der Waals surface area contributed by atoms with Crippen LogP contribution in [0.4, 0.5) is 5.82 Å². The van der Waals surface area contributed by atoms with Crippen molar-refractivity contribution in [1.29, 1.82) is 0 Å². The number of carbonyl (C=O) groups is 1. The Morgan fingerprint density at radius 3 is 2.63 bits per heavy atom. The van der Waals surface area contributed by atoms with E-state index < -0.39 is 0 Å². The zero-order chi connectivity index (χ0) is 24.0. The summed E-state index contributed by atoms with van der Waals surface area (Å²) < 4.78 is 7.18. The van der Waals surface area contributed by atoms with Crippen LogP contribution in [0.5, 0.6) is 0 Å². The number of fused-ring (bicyclic) bond motifs is 1. The Labute approximate surface area is 203 Å². The van der Waals surface area contributed by atoms with Gasteiger partial charge >= 0.3 is 0 Å². The predicted octanol–water partition coefficient (Wildman–Crippen LogP) is 3.75. The number of methoxy groups -OCH3 is 1. The first-order valence-electron chi connectivity index (χ1n) is 12.0. The summed E-state index contributed by atoms with van der Waals surface area (Å²) in [5.41, 5.74) is 10.7. The summed E-state index contributed by atoms with van der Waals surface area (Å²) in [5, 5.41) is 4.50. The summed E-state index contributed by atoms with van der Waals surface area (Å²) in [6.45, 7) is 1.49. The molecule has 0 atom stereocenters. The minimum Gasteiger partial charge on any atom is -0.378 e. The molecule has 1 saturated heterocycles. The summed E-state index contributed by atoms with van der Waals surface area (Å²) in [5.74, 6) is 0.813. The molecular formula is C27H28N6O2. The molecule has 0 spiro atoms. The lowest BCUT2D eigenvalue weighted by atomic mass is 9.74. The minimum absolute atomic E-state index is 0.0512. The molecule has 1 aliphatic heterocycles. The molecule has 8 nitrogen and oxygen atoms in total. The van der Waals surface area contributed by atoms with Crippen LogP contribution in [-0.4, -0.2) is 57.2 Å². The van der Waals surface area contributed by atoms with Crippen LogP contribution in [0.25, 0.3) is 28.2 Å². The second-order valence-electron chi connectivity index (χ2n) is 9.68. The first-order chi connectivity index (χ1) is 17.0. The van der Waals surface area contributed by atoms with Gasteiger partial charge in [0.15, 0.2) is 11.4 Å². The van der Waals surface area contributed by atoms with Gasteiger partial charge in [0.1, 0.15) is 5.82 Å². The number of ether oxygens (including phenoxy) is 1. The van der Waals surface area contributed by atoms with Crippen LogP contribution in [0.1, 0.15) is 36.0 Å². The van der Waals surface area contributed by atoms with Gasteiger partial charge in [0.2, 0.25) is 0 Å². The van der Waals surface area contributed by atoms with Crippen molar-refractivity contribution in [3.63, 3.8) is 0 Å². The predicted molar refractivity (Wildman–Crippen MR) is 134 cm³/mol. The van der Waals surface area contributed by atoms with Crippen LogP contribution >= 0.6 is 0 Å². The fraction of sp³-hybridized carbons (Fsp3) is 0.333. The van der Waals surface area contributed by atoms with E-state index >= 15 is 0 Å². The fourth-order valence-corrected chi connectivity index (χ4v) is 4.80. The lowest BCUT2D eigenvalue weighted by molar-refractivity contribution is 0.0783. The van der Waals surface area contributed by atoms with E-state index in [1.165, 1.54) is 0 Å². The summed E-state index contributed by atoms with van der Waals surface area (Å²) in [7, 11) is 1.72. The molecule has 2 aliphatic rings. The topological polar surface area (TPSA) is 98.6 Å². The Balaban J connectivity index is 1.42. The van der Waals surface area contributed by atoms with Gasteiger partial charge in [0.05, 0.1) is 29.3 Å². The van der Waals surface area contributed by atoms with E-state index in [0.29, 0.717) is 23.3 Å². The van der Waals surface area contributed by atoms with Gasteiger partial charge in [0.25, 0.3) is 0 Å². The molecule has 1 aromatic carbocycles. The lowest BCUT2D eigenvalue weighted by Crippen LogP contribution is -2.52. The molecule has 6 rings (SSSR count). The van der Waals surface area contributed by atoms with Crippen LogP contribution < -0.4 is 10.6 Å². The number of benzene rings is 1.